The molecular weight excluding hydrogens is 414 g/mol. The maximum absolute atomic E-state index is 12.4. The molecule has 0 radical (unpaired) electrons. The zero-order valence-electron chi connectivity index (χ0n) is 16.8. The number of aromatic nitrogens is 3. The van der Waals surface area contributed by atoms with Crippen molar-refractivity contribution < 1.29 is 13.2 Å². The molecule has 1 fully saturated rings. The first-order valence-corrected chi connectivity index (χ1v) is 11.5. The number of sulfone groups is 1. The van der Waals surface area contributed by atoms with Gasteiger partial charge in [-0.3, -0.25) is 4.98 Å². The van der Waals surface area contributed by atoms with E-state index in [1.165, 1.54) is 0 Å². The van der Waals surface area contributed by atoms with Gasteiger partial charge in [0.05, 0.1) is 46.6 Å². The van der Waals surface area contributed by atoms with Crippen LogP contribution in [0.4, 0.5) is 11.6 Å². The van der Waals surface area contributed by atoms with Gasteiger partial charge in [-0.25, -0.2) is 18.4 Å². The van der Waals surface area contributed by atoms with Crippen molar-refractivity contribution in [1.82, 2.24) is 15.0 Å². The highest BCUT2D eigenvalue weighted by Gasteiger charge is 2.49. The van der Waals surface area contributed by atoms with Crippen LogP contribution in [0.15, 0.2) is 53.8 Å². The Labute approximate surface area is 180 Å². The van der Waals surface area contributed by atoms with Gasteiger partial charge >= 0.3 is 0 Å². The molecular formula is C22H19N5O3S. The maximum atomic E-state index is 12.4. The second-order valence-electron chi connectivity index (χ2n) is 7.75. The van der Waals surface area contributed by atoms with E-state index in [1.54, 1.807) is 49.8 Å². The fourth-order valence-electron chi connectivity index (χ4n) is 4.04. The first-order chi connectivity index (χ1) is 15.0. The second-order valence-corrected chi connectivity index (χ2v) is 10.0. The predicted molar refractivity (Wildman–Crippen MR) is 114 cm³/mol. The molecule has 156 valence electrons. The molecule has 0 amide bonds. The minimum atomic E-state index is -3.33. The number of nitrogens with zero attached hydrogens (tertiary/aromatic N) is 5. The molecule has 3 aromatic rings. The van der Waals surface area contributed by atoms with E-state index in [-0.39, 0.29) is 11.2 Å². The van der Waals surface area contributed by atoms with Crippen molar-refractivity contribution in [3.63, 3.8) is 0 Å². The summed E-state index contributed by atoms with van der Waals surface area (Å²) < 4.78 is 30.4. The third-order valence-corrected chi connectivity index (χ3v) is 7.58. The molecule has 5 rings (SSSR count). The van der Waals surface area contributed by atoms with E-state index in [4.69, 9.17) is 10.00 Å². The van der Waals surface area contributed by atoms with Crippen LogP contribution in [0.25, 0.3) is 11.3 Å². The van der Waals surface area contributed by atoms with Gasteiger partial charge in [0.1, 0.15) is 0 Å². The highest BCUT2D eigenvalue weighted by Crippen LogP contribution is 2.48. The molecule has 1 spiro atoms. The van der Waals surface area contributed by atoms with Crippen LogP contribution in [-0.4, -0.2) is 48.9 Å². The fourth-order valence-corrected chi connectivity index (χ4v) is 4.94. The lowest BCUT2D eigenvalue weighted by molar-refractivity contribution is -0.0507. The van der Waals surface area contributed by atoms with Crippen LogP contribution < -0.4 is 4.90 Å². The van der Waals surface area contributed by atoms with Crippen LogP contribution in [-0.2, 0) is 20.0 Å². The summed E-state index contributed by atoms with van der Waals surface area (Å²) in [5.41, 5.74) is 3.52. The van der Waals surface area contributed by atoms with Crippen molar-refractivity contribution in [2.75, 3.05) is 30.4 Å². The Balaban J connectivity index is 1.54. The molecule has 0 bridgehead atoms. The Morgan fingerprint density at radius 2 is 1.94 bits per heavy atom. The number of pyridine rings is 1. The SMILES string of the molecule is CCS(=O)(=O)c1ccc2c(c1)N(c1ncc(-c3cc(C#N)ccn3)cn1)CC21COC1. The summed E-state index contributed by atoms with van der Waals surface area (Å²) in [5.74, 6) is 0.524. The lowest BCUT2D eigenvalue weighted by atomic mass is 9.81. The zero-order chi connectivity index (χ0) is 21.6. The number of anilines is 2. The number of hydrogen-bond donors (Lipinski definition) is 0. The van der Waals surface area contributed by atoms with E-state index in [0.717, 1.165) is 11.3 Å². The van der Waals surface area contributed by atoms with Crippen molar-refractivity contribution >= 4 is 21.5 Å². The largest absolute Gasteiger partial charge is 0.379 e. The molecule has 0 aliphatic carbocycles. The molecule has 31 heavy (non-hydrogen) atoms. The summed E-state index contributed by atoms with van der Waals surface area (Å²) in [5, 5.41) is 9.10. The fraction of sp³-hybridized carbons (Fsp3) is 0.273. The van der Waals surface area contributed by atoms with Crippen molar-refractivity contribution in [3.05, 3.63) is 60.0 Å². The van der Waals surface area contributed by atoms with Gasteiger partial charge in [0.25, 0.3) is 0 Å². The summed E-state index contributed by atoms with van der Waals surface area (Å²) in [7, 11) is -3.33. The highest BCUT2D eigenvalue weighted by atomic mass is 32.2. The van der Waals surface area contributed by atoms with E-state index in [0.29, 0.717) is 47.4 Å². The monoisotopic (exact) mass is 433 g/mol. The summed E-state index contributed by atoms with van der Waals surface area (Å²) in [6.45, 7) is 3.43. The zero-order valence-corrected chi connectivity index (χ0v) is 17.6. The third-order valence-electron chi connectivity index (χ3n) is 5.85. The summed E-state index contributed by atoms with van der Waals surface area (Å²) in [6.07, 6.45) is 4.91. The van der Waals surface area contributed by atoms with E-state index < -0.39 is 9.84 Å². The van der Waals surface area contributed by atoms with E-state index in [1.807, 2.05) is 11.0 Å². The smallest absolute Gasteiger partial charge is 0.229 e. The standard InChI is InChI=1S/C22H19N5O3S/c1-2-31(28,29)17-3-4-18-20(8-17)27(12-22(18)13-30-14-22)21-25-10-16(11-26-21)19-7-15(9-23)5-6-24-19/h3-8,10-11H,2,12-14H2,1H3. The average molecular weight is 433 g/mol. The van der Waals surface area contributed by atoms with E-state index in [9.17, 15) is 8.42 Å². The molecule has 1 aromatic carbocycles. The Hall–Kier alpha value is -3.35. The third kappa shape index (κ3) is 3.15. The summed E-state index contributed by atoms with van der Waals surface area (Å²) in [4.78, 5) is 15.6. The molecule has 2 aromatic heterocycles. The van der Waals surface area contributed by atoms with Crippen LogP contribution in [0.1, 0.15) is 18.1 Å². The van der Waals surface area contributed by atoms with Crippen molar-refractivity contribution in [1.29, 1.82) is 5.26 Å². The molecule has 2 aliphatic rings. The van der Waals surface area contributed by atoms with Crippen molar-refractivity contribution in [3.8, 4) is 17.3 Å². The lowest BCUT2D eigenvalue weighted by Gasteiger charge is -2.38. The van der Waals surface area contributed by atoms with Crippen LogP contribution in [0.2, 0.25) is 0 Å². The van der Waals surface area contributed by atoms with Gasteiger partial charge in [-0.05, 0) is 29.8 Å². The van der Waals surface area contributed by atoms with Gasteiger partial charge in [0.2, 0.25) is 5.95 Å². The quantitative estimate of drug-likeness (QED) is 0.618. The van der Waals surface area contributed by atoms with Gasteiger partial charge in [-0.2, -0.15) is 5.26 Å². The Morgan fingerprint density at radius 1 is 1.16 bits per heavy atom. The first kappa shape index (κ1) is 19.6. The number of hydrogen-bond acceptors (Lipinski definition) is 8. The summed E-state index contributed by atoms with van der Waals surface area (Å²) in [6, 6.07) is 10.7. The average Bonchev–Trinajstić information content (AvgIpc) is 3.14. The van der Waals surface area contributed by atoms with Crippen LogP contribution >= 0.6 is 0 Å². The molecule has 2 aliphatic heterocycles. The normalized spacial score (nSPS) is 16.6. The van der Waals surface area contributed by atoms with E-state index >= 15 is 0 Å². The van der Waals surface area contributed by atoms with Crippen LogP contribution in [0, 0.1) is 11.3 Å². The number of benzene rings is 1. The second kappa shape index (κ2) is 7.11. The topological polar surface area (TPSA) is 109 Å². The molecule has 0 saturated carbocycles. The van der Waals surface area contributed by atoms with E-state index in [2.05, 4.69) is 21.0 Å². The highest BCUT2D eigenvalue weighted by molar-refractivity contribution is 7.91. The van der Waals surface area contributed by atoms with Gasteiger partial charge in [0.15, 0.2) is 9.84 Å². The maximum Gasteiger partial charge on any atom is 0.229 e. The van der Waals surface area contributed by atoms with Gasteiger partial charge in [-0.1, -0.05) is 13.0 Å². The lowest BCUT2D eigenvalue weighted by Crippen LogP contribution is -2.49. The molecule has 0 N–H and O–H groups in total. The van der Waals surface area contributed by atoms with Crippen molar-refractivity contribution in [2.24, 2.45) is 0 Å². The molecule has 9 heteroatoms. The molecule has 8 nitrogen and oxygen atoms in total. The summed E-state index contributed by atoms with van der Waals surface area (Å²) >= 11 is 0. The predicted octanol–water partition coefficient (Wildman–Crippen LogP) is 2.62. The minimum Gasteiger partial charge on any atom is -0.379 e. The Bertz CT molecular complexity index is 1310. The van der Waals surface area contributed by atoms with Gasteiger partial charge in [0, 0.05) is 36.4 Å². The first-order valence-electron chi connectivity index (χ1n) is 9.87. The molecule has 4 heterocycles. The molecule has 0 atom stereocenters. The number of nitriles is 1. The molecule has 1 saturated heterocycles. The Kier molecular flexibility index (Phi) is 4.50. The number of fused-ring (bicyclic) bond motifs is 2. The minimum absolute atomic E-state index is 0.0417. The Morgan fingerprint density at radius 3 is 2.58 bits per heavy atom. The van der Waals surface area contributed by atoms with Crippen molar-refractivity contribution in [2.45, 2.75) is 17.2 Å². The number of rotatable bonds is 4. The number of ether oxygens (including phenoxy) is 1. The van der Waals surface area contributed by atoms with Crippen LogP contribution in [0.3, 0.4) is 0 Å². The van der Waals surface area contributed by atoms with Crippen LogP contribution in [0.5, 0.6) is 0 Å². The molecule has 0 unspecified atom stereocenters. The van der Waals surface area contributed by atoms with Gasteiger partial charge in [-0.15, -0.1) is 0 Å². The van der Waals surface area contributed by atoms with Gasteiger partial charge < -0.3 is 9.64 Å².